The first-order valence-electron chi connectivity index (χ1n) is 18.4. The van der Waals surface area contributed by atoms with Crippen molar-refractivity contribution in [1.29, 1.82) is 0 Å². The van der Waals surface area contributed by atoms with Crippen molar-refractivity contribution in [2.75, 3.05) is 4.81 Å². The number of para-hydroxylation sites is 2. The van der Waals surface area contributed by atoms with Gasteiger partial charge in [-0.25, -0.2) is 9.97 Å². The molecular weight excluding hydrogens is 625 g/mol. The topological polar surface area (TPSA) is 55.2 Å². The quantitative estimate of drug-likeness (QED) is 0.171. The minimum atomic E-state index is -0.221. The van der Waals surface area contributed by atoms with Gasteiger partial charge >= 0.3 is 6.98 Å². The predicted molar refractivity (Wildman–Crippen MR) is 215 cm³/mol. The summed E-state index contributed by atoms with van der Waals surface area (Å²) >= 11 is 0. The Morgan fingerprint density at radius 3 is 2.10 bits per heavy atom. The van der Waals surface area contributed by atoms with Crippen molar-refractivity contribution in [2.24, 2.45) is 0 Å². The molecule has 0 aliphatic carbocycles. The van der Waals surface area contributed by atoms with E-state index in [9.17, 15) is 0 Å². The van der Waals surface area contributed by atoms with Gasteiger partial charge in [0.1, 0.15) is 11.6 Å². The number of ether oxygens (including phenoxy) is 1. The lowest BCUT2D eigenvalue weighted by Gasteiger charge is -2.45. The van der Waals surface area contributed by atoms with Gasteiger partial charge in [0.15, 0.2) is 0 Å². The lowest BCUT2D eigenvalue weighted by atomic mass is 9.68. The molecule has 6 aromatic rings. The van der Waals surface area contributed by atoms with Crippen LogP contribution in [0, 0.1) is 0 Å². The Balaban J connectivity index is 1.31. The minimum absolute atomic E-state index is 0.00279. The molecule has 0 amide bonds. The monoisotopic (exact) mass is 677 g/mol. The fourth-order valence-corrected chi connectivity index (χ4v) is 7.64. The van der Waals surface area contributed by atoms with E-state index in [4.69, 9.17) is 14.7 Å². The fourth-order valence-electron chi connectivity index (χ4n) is 7.64. The average molecular weight is 678 g/mol. The van der Waals surface area contributed by atoms with E-state index in [-0.39, 0.29) is 23.5 Å². The summed E-state index contributed by atoms with van der Waals surface area (Å²) in [5.74, 6) is 2.93. The summed E-state index contributed by atoms with van der Waals surface area (Å²) in [4.78, 5) is 12.6. The SMILES string of the molecule is CC(C)c1cccc(C(C)C)c1N1B(c2cccc(Oc3ccc4c5ccccc5n(-c5cc(C(C)(C)C)ccn5)c4c3)n2)NC(C)(C)C1(C)C. The van der Waals surface area contributed by atoms with Crippen LogP contribution in [0.5, 0.6) is 11.6 Å². The Hall–Kier alpha value is -4.62. The highest BCUT2D eigenvalue weighted by atomic mass is 16.5. The molecule has 262 valence electrons. The Morgan fingerprint density at radius 1 is 0.745 bits per heavy atom. The molecule has 6 nitrogen and oxygen atoms in total. The van der Waals surface area contributed by atoms with Crippen molar-refractivity contribution in [3.8, 4) is 17.4 Å². The largest absolute Gasteiger partial charge is 0.439 e. The summed E-state index contributed by atoms with van der Waals surface area (Å²) in [6.45, 7) is 25.0. The molecule has 4 heterocycles. The van der Waals surface area contributed by atoms with Gasteiger partial charge in [-0.15, -0.1) is 0 Å². The van der Waals surface area contributed by atoms with Crippen molar-refractivity contribution in [3.63, 3.8) is 0 Å². The van der Waals surface area contributed by atoms with E-state index in [1.165, 1.54) is 27.8 Å². The molecule has 1 N–H and O–H groups in total. The van der Waals surface area contributed by atoms with Crippen molar-refractivity contribution >= 4 is 40.1 Å². The second kappa shape index (κ2) is 12.6. The van der Waals surface area contributed by atoms with E-state index in [1.54, 1.807) is 0 Å². The maximum absolute atomic E-state index is 6.63. The average Bonchev–Trinajstić information content (AvgIpc) is 3.50. The molecule has 0 spiro atoms. The van der Waals surface area contributed by atoms with Gasteiger partial charge in [0.25, 0.3) is 0 Å². The van der Waals surface area contributed by atoms with Crippen LogP contribution in [0.15, 0.2) is 97.2 Å². The number of benzene rings is 3. The van der Waals surface area contributed by atoms with Gasteiger partial charge in [0, 0.05) is 45.9 Å². The van der Waals surface area contributed by atoms with Crippen LogP contribution >= 0.6 is 0 Å². The van der Waals surface area contributed by atoms with Gasteiger partial charge in [0.05, 0.1) is 16.6 Å². The van der Waals surface area contributed by atoms with Crippen LogP contribution in [-0.4, -0.2) is 32.6 Å². The summed E-state index contributed by atoms with van der Waals surface area (Å²) in [5.41, 5.74) is 7.93. The highest BCUT2D eigenvalue weighted by molar-refractivity contribution is 6.75. The van der Waals surface area contributed by atoms with Gasteiger partial charge < -0.3 is 14.8 Å². The van der Waals surface area contributed by atoms with E-state index < -0.39 is 0 Å². The van der Waals surface area contributed by atoms with Gasteiger partial charge in [0.2, 0.25) is 5.88 Å². The van der Waals surface area contributed by atoms with Crippen molar-refractivity contribution in [2.45, 2.75) is 104 Å². The Morgan fingerprint density at radius 2 is 1.41 bits per heavy atom. The molecule has 7 heteroatoms. The van der Waals surface area contributed by atoms with E-state index in [0.717, 1.165) is 33.6 Å². The lowest BCUT2D eigenvalue weighted by molar-refractivity contribution is 0.317. The molecule has 0 atom stereocenters. The molecule has 1 fully saturated rings. The summed E-state index contributed by atoms with van der Waals surface area (Å²) in [5, 5.41) is 6.32. The van der Waals surface area contributed by atoms with Gasteiger partial charge in [-0.1, -0.05) is 90.9 Å². The Kier molecular flexibility index (Phi) is 8.57. The fraction of sp³-hybridized carbons (Fsp3) is 0.364. The van der Waals surface area contributed by atoms with Crippen LogP contribution in [-0.2, 0) is 5.41 Å². The first kappa shape index (κ1) is 34.8. The Bertz CT molecular complexity index is 2220. The van der Waals surface area contributed by atoms with Crippen molar-refractivity contribution in [3.05, 3.63) is 114 Å². The molecule has 0 unspecified atom stereocenters. The maximum Gasteiger partial charge on any atom is 0.396 e. The zero-order valence-corrected chi connectivity index (χ0v) is 32.2. The van der Waals surface area contributed by atoms with Crippen molar-refractivity contribution in [1.82, 2.24) is 19.8 Å². The third-order valence-corrected chi connectivity index (χ3v) is 11.2. The molecule has 1 aliphatic heterocycles. The highest BCUT2D eigenvalue weighted by Gasteiger charge is 2.56. The predicted octanol–water partition coefficient (Wildman–Crippen LogP) is 10.3. The third kappa shape index (κ3) is 5.99. The van der Waals surface area contributed by atoms with Crippen LogP contribution in [0.3, 0.4) is 0 Å². The second-order valence-corrected chi connectivity index (χ2v) is 16.9. The lowest BCUT2D eigenvalue weighted by Crippen LogP contribution is -2.57. The third-order valence-electron chi connectivity index (χ3n) is 11.2. The van der Waals surface area contributed by atoms with Crippen LogP contribution in [0.4, 0.5) is 5.69 Å². The minimum Gasteiger partial charge on any atom is -0.439 e. The van der Waals surface area contributed by atoms with Crippen LogP contribution in [0.2, 0.25) is 0 Å². The van der Waals surface area contributed by atoms with E-state index in [1.807, 2.05) is 18.3 Å². The zero-order chi connectivity index (χ0) is 36.5. The van der Waals surface area contributed by atoms with Gasteiger partial charge in [-0.2, -0.15) is 0 Å². The molecule has 3 aromatic carbocycles. The molecule has 1 saturated heterocycles. The number of pyridine rings is 2. The van der Waals surface area contributed by atoms with Gasteiger partial charge in [-0.05, 0) is 98.0 Å². The number of fused-ring (bicyclic) bond motifs is 3. The van der Waals surface area contributed by atoms with Crippen LogP contribution in [0.25, 0.3) is 27.6 Å². The first-order chi connectivity index (χ1) is 24.1. The zero-order valence-electron chi connectivity index (χ0n) is 32.2. The molecule has 1 aliphatic rings. The summed E-state index contributed by atoms with van der Waals surface area (Å²) < 4.78 is 8.88. The maximum atomic E-state index is 6.63. The number of anilines is 1. The first-order valence-corrected chi connectivity index (χ1v) is 18.4. The summed E-state index contributed by atoms with van der Waals surface area (Å²) in [6, 6.07) is 32.1. The number of rotatable bonds is 7. The number of nitrogens with zero attached hydrogens (tertiary/aromatic N) is 4. The molecule has 51 heavy (non-hydrogen) atoms. The number of hydrogen-bond donors (Lipinski definition) is 1. The number of nitrogens with one attached hydrogen (secondary N) is 1. The highest BCUT2D eigenvalue weighted by Crippen LogP contribution is 2.45. The van der Waals surface area contributed by atoms with E-state index in [0.29, 0.717) is 17.7 Å². The van der Waals surface area contributed by atoms with Crippen LogP contribution in [0.1, 0.15) is 105 Å². The van der Waals surface area contributed by atoms with Crippen LogP contribution < -0.4 is 20.4 Å². The molecule has 0 saturated carbocycles. The molecular formula is C44H52BN5O. The standard InChI is InChI=1S/C44H52BN5O/c1-28(2)32-17-14-18-33(29(3)4)41(32)50-44(10,11)43(8,9)48-45(50)38-20-15-21-40(47-38)51-31-22-23-35-34-16-12-13-19-36(34)49(37(35)27-31)39-26-30(24-25-46-39)42(5,6)7/h12-29,48H,1-11H3. The smallest absolute Gasteiger partial charge is 0.396 e. The molecule has 7 rings (SSSR count). The van der Waals surface area contributed by atoms with Crippen molar-refractivity contribution < 1.29 is 4.74 Å². The van der Waals surface area contributed by atoms with E-state index in [2.05, 4.69) is 170 Å². The summed E-state index contributed by atoms with van der Waals surface area (Å²) in [7, 11) is 0. The number of hydrogen-bond acceptors (Lipinski definition) is 5. The normalized spacial score (nSPS) is 15.9. The molecule has 3 aromatic heterocycles. The Labute approximate surface area is 304 Å². The second-order valence-electron chi connectivity index (χ2n) is 16.9. The molecule has 0 bridgehead atoms. The number of aromatic nitrogens is 3. The van der Waals surface area contributed by atoms with E-state index >= 15 is 0 Å². The molecule has 0 radical (unpaired) electrons. The summed E-state index contributed by atoms with van der Waals surface area (Å²) in [6.07, 6.45) is 1.92. The van der Waals surface area contributed by atoms with Gasteiger partial charge in [-0.3, -0.25) is 4.57 Å².